The van der Waals surface area contributed by atoms with Crippen molar-refractivity contribution in [2.75, 3.05) is 13.7 Å². The highest BCUT2D eigenvalue weighted by Crippen LogP contribution is 2.26. The van der Waals surface area contributed by atoms with E-state index in [1.807, 2.05) is 54.6 Å². The summed E-state index contributed by atoms with van der Waals surface area (Å²) < 4.78 is 10.5. The molecule has 0 radical (unpaired) electrons. The molecule has 0 saturated carbocycles. The van der Waals surface area contributed by atoms with Crippen LogP contribution in [-0.2, 0) is 4.74 Å². The number of carbonyl (C=O) groups excluding carboxylic acids is 1. The SMILES string of the molecule is COc1ccc(-c2cc(C(=O)OCCCC#N)c3ccccc3n2)cc1. The Labute approximate surface area is 151 Å². The highest BCUT2D eigenvalue weighted by atomic mass is 16.5. The van der Waals surface area contributed by atoms with Gasteiger partial charge in [-0.15, -0.1) is 0 Å². The largest absolute Gasteiger partial charge is 0.497 e. The number of carbonyl (C=O) groups is 1. The van der Waals surface area contributed by atoms with Gasteiger partial charge < -0.3 is 9.47 Å². The zero-order chi connectivity index (χ0) is 18.4. The highest BCUT2D eigenvalue weighted by molar-refractivity contribution is 6.04. The first kappa shape index (κ1) is 17.4. The fourth-order valence-electron chi connectivity index (χ4n) is 2.65. The van der Waals surface area contributed by atoms with Crippen molar-refractivity contribution in [3.05, 3.63) is 60.2 Å². The Hall–Kier alpha value is -3.39. The lowest BCUT2D eigenvalue weighted by atomic mass is 10.0. The van der Waals surface area contributed by atoms with Gasteiger partial charge in [0.05, 0.1) is 36.6 Å². The van der Waals surface area contributed by atoms with Crippen LogP contribution in [0, 0.1) is 11.3 Å². The average Bonchev–Trinajstić information content (AvgIpc) is 2.70. The van der Waals surface area contributed by atoms with Crippen LogP contribution in [0.5, 0.6) is 5.75 Å². The van der Waals surface area contributed by atoms with Gasteiger partial charge in [0.15, 0.2) is 0 Å². The predicted octanol–water partition coefficient (Wildman–Crippen LogP) is 4.37. The molecule has 3 rings (SSSR count). The van der Waals surface area contributed by atoms with E-state index < -0.39 is 5.97 Å². The zero-order valence-electron chi connectivity index (χ0n) is 14.4. The first-order valence-electron chi connectivity index (χ1n) is 8.31. The Kier molecular flexibility index (Phi) is 5.45. The molecule has 5 nitrogen and oxygen atoms in total. The number of pyridine rings is 1. The van der Waals surface area contributed by atoms with Gasteiger partial charge in [-0.05, 0) is 42.8 Å². The number of esters is 1. The first-order valence-corrected chi connectivity index (χ1v) is 8.31. The normalized spacial score (nSPS) is 10.3. The third-order valence-corrected chi connectivity index (χ3v) is 3.99. The van der Waals surface area contributed by atoms with E-state index in [4.69, 9.17) is 14.7 Å². The number of benzene rings is 2. The van der Waals surface area contributed by atoms with E-state index in [2.05, 4.69) is 4.98 Å². The number of methoxy groups -OCH3 is 1. The van der Waals surface area contributed by atoms with Crippen LogP contribution in [0.4, 0.5) is 0 Å². The Balaban J connectivity index is 1.98. The third-order valence-electron chi connectivity index (χ3n) is 3.99. The Morgan fingerprint density at radius 2 is 1.92 bits per heavy atom. The molecule has 0 aliphatic rings. The smallest absolute Gasteiger partial charge is 0.338 e. The highest BCUT2D eigenvalue weighted by Gasteiger charge is 2.15. The lowest BCUT2D eigenvalue weighted by Crippen LogP contribution is -2.08. The van der Waals surface area contributed by atoms with Crippen LogP contribution in [-0.4, -0.2) is 24.7 Å². The lowest BCUT2D eigenvalue weighted by Gasteiger charge is -2.10. The molecular formula is C21H18N2O3. The second-order valence-electron chi connectivity index (χ2n) is 5.70. The molecule has 0 atom stereocenters. The van der Waals surface area contributed by atoms with Gasteiger partial charge in [-0.25, -0.2) is 9.78 Å². The molecule has 0 aliphatic carbocycles. The van der Waals surface area contributed by atoms with Gasteiger partial charge in [-0.3, -0.25) is 0 Å². The summed E-state index contributed by atoms with van der Waals surface area (Å²) in [5.41, 5.74) is 2.77. The summed E-state index contributed by atoms with van der Waals surface area (Å²) in [5, 5.41) is 9.33. The maximum absolute atomic E-state index is 12.6. The van der Waals surface area contributed by atoms with Crippen LogP contribution >= 0.6 is 0 Å². The molecule has 0 amide bonds. The number of unbranched alkanes of at least 4 members (excludes halogenated alkanes) is 1. The molecule has 0 bridgehead atoms. The van der Waals surface area contributed by atoms with Crippen LogP contribution in [0.15, 0.2) is 54.6 Å². The topological polar surface area (TPSA) is 72.2 Å². The fraction of sp³-hybridized carbons (Fsp3) is 0.190. The van der Waals surface area contributed by atoms with Crippen molar-refractivity contribution >= 4 is 16.9 Å². The van der Waals surface area contributed by atoms with Gasteiger partial charge in [0.1, 0.15) is 5.75 Å². The van der Waals surface area contributed by atoms with E-state index in [9.17, 15) is 4.79 Å². The van der Waals surface area contributed by atoms with Gasteiger partial charge in [0, 0.05) is 17.4 Å². The number of nitriles is 1. The maximum atomic E-state index is 12.6. The standard InChI is InChI=1S/C21H18N2O3/c1-25-16-10-8-15(9-11-16)20-14-18(21(24)26-13-5-4-12-22)17-6-2-3-7-19(17)23-20/h2-3,6-11,14H,4-5,13H2,1H3. The monoisotopic (exact) mass is 346 g/mol. The van der Waals surface area contributed by atoms with Crippen LogP contribution in [0.3, 0.4) is 0 Å². The van der Waals surface area contributed by atoms with Gasteiger partial charge in [0.2, 0.25) is 0 Å². The molecule has 0 aliphatic heterocycles. The molecule has 0 unspecified atom stereocenters. The molecule has 0 saturated heterocycles. The van der Waals surface area contributed by atoms with Gasteiger partial charge in [-0.1, -0.05) is 18.2 Å². The number of nitrogens with zero attached hydrogens (tertiary/aromatic N) is 2. The predicted molar refractivity (Wildman–Crippen MR) is 98.9 cm³/mol. The summed E-state index contributed by atoms with van der Waals surface area (Å²) in [6.07, 6.45) is 0.887. The van der Waals surface area contributed by atoms with Crippen LogP contribution in [0.2, 0.25) is 0 Å². The summed E-state index contributed by atoms with van der Waals surface area (Å²) >= 11 is 0. The number of para-hydroxylation sites is 1. The first-order chi connectivity index (χ1) is 12.7. The lowest BCUT2D eigenvalue weighted by molar-refractivity contribution is 0.0504. The van der Waals surface area contributed by atoms with Gasteiger partial charge in [-0.2, -0.15) is 5.26 Å². The third kappa shape index (κ3) is 3.81. The molecule has 5 heteroatoms. The molecule has 1 aromatic heterocycles. The van der Waals surface area contributed by atoms with Crippen molar-refractivity contribution in [2.24, 2.45) is 0 Å². The molecule has 1 heterocycles. The molecule has 2 aromatic carbocycles. The van der Waals surface area contributed by atoms with Gasteiger partial charge >= 0.3 is 5.97 Å². The maximum Gasteiger partial charge on any atom is 0.338 e. The molecule has 3 aromatic rings. The quantitative estimate of drug-likeness (QED) is 0.489. The van der Waals surface area contributed by atoms with Crippen molar-refractivity contribution in [2.45, 2.75) is 12.8 Å². The van der Waals surface area contributed by atoms with Crippen molar-refractivity contribution in [1.29, 1.82) is 5.26 Å². The molecule has 0 spiro atoms. The van der Waals surface area contributed by atoms with E-state index in [1.54, 1.807) is 13.2 Å². The number of rotatable bonds is 6. The minimum absolute atomic E-state index is 0.223. The van der Waals surface area contributed by atoms with Crippen LogP contribution in [0.1, 0.15) is 23.2 Å². The summed E-state index contributed by atoms with van der Waals surface area (Å²) in [4.78, 5) is 17.2. The number of fused-ring (bicyclic) bond motifs is 1. The van der Waals surface area contributed by atoms with Crippen molar-refractivity contribution < 1.29 is 14.3 Å². The molecule has 26 heavy (non-hydrogen) atoms. The van der Waals surface area contributed by atoms with E-state index in [1.165, 1.54) is 0 Å². The minimum Gasteiger partial charge on any atom is -0.497 e. The Bertz CT molecular complexity index is 959. The summed E-state index contributed by atoms with van der Waals surface area (Å²) in [5.74, 6) is 0.350. The van der Waals surface area contributed by atoms with Crippen molar-refractivity contribution in [1.82, 2.24) is 4.98 Å². The molecule has 130 valence electrons. The van der Waals surface area contributed by atoms with Crippen LogP contribution < -0.4 is 4.74 Å². The zero-order valence-corrected chi connectivity index (χ0v) is 14.4. The molecular weight excluding hydrogens is 328 g/mol. The van der Waals surface area contributed by atoms with E-state index >= 15 is 0 Å². The number of hydrogen-bond donors (Lipinski definition) is 0. The van der Waals surface area contributed by atoms with E-state index in [0.29, 0.717) is 24.1 Å². The summed E-state index contributed by atoms with van der Waals surface area (Å²) in [7, 11) is 1.61. The van der Waals surface area contributed by atoms with E-state index in [-0.39, 0.29) is 6.61 Å². The molecule has 0 N–H and O–H groups in total. The summed E-state index contributed by atoms with van der Waals surface area (Å²) in [6, 6.07) is 18.8. The number of aromatic nitrogens is 1. The Morgan fingerprint density at radius 1 is 1.15 bits per heavy atom. The molecule has 0 fully saturated rings. The minimum atomic E-state index is -0.406. The van der Waals surface area contributed by atoms with Crippen molar-refractivity contribution in [3.63, 3.8) is 0 Å². The summed E-state index contributed by atoms with van der Waals surface area (Å²) in [6.45, 7) is 0.223. The number of ether oxygens (including phenoxy) is 2. The van der Waals surface area contributed by atoms with E-state index in [0.717, 1.165) is 22.2 Å². The van der Waals surface area contributed by atoms with Gasteiger partial charge in [0.25, 0.3) is 0 Å². The Morgan fingerprint density at radius 3 is 2.65 bits per heavy atom. The fourth-order valence-corrected chi connectivity index (χ4v) is 2.65. The second kappa shape index (κ2) is 8.13. The van der Waals surface area contributed by atoms with Crippen LogP contribution in [0.25, 0.3) is 22.2 Å². The van der Waals surface area contributed by atoms with Crippen molar-refractivity contribution in [3.8, 4) is 23.1 Å². The average molecular weight is 346 g/mol. The second-order valence-corrected chi connectivity index (χ2v) is 5.70. The number of hydrogen-bond acceptors (Lipinski definition) is 5.